The Kier molecular flexibility index (Phi) is 5.50. The van der Waals surface area contributed by atoms with Crippen molar-refractivity contribution in [1.29, 1.82) is 0 Å². The summed E-state index contributed by atoms with van der Waals surface area (Å²) in [6, 6.07) is -1.43. The van der Waals surface area contributed by atoms with Crippen LogP contribution in [0.4, 0.5) is 0 Å². The SMILES string of the molecule is COC(=O)[C@@H](Cc1cnc[nH]1)NC(=O)[C@@H](N)C(C)C. The fourth-order valence-corrected chi connectivity index (χ4v) is 1.52. The number of aromatic nitrogens is 2. The van der Waals surface area contributed by atoms with Gasteiger partial charge < -0.3 is 20.8 Å². The van der Waals surface area contributed by atoms with Crippen LogP contribution in [-0.2, 0) is 20.7 Å². The molecule has 0 saturated heterocycles. The molecule has 7 heteroatoms. The third-order valence-electron chi connectivity index (χ3n) is 2.80. The minimum absolute atomic E-state index is 0.00884. The first-order valence-electron chi connectivity index (χ1n) is 6.06. The van der Waals surface area contributed by atoms with Crippen molar-refractivity contribution in [2.24, 2.45) is 11.7 Å². The Hall–Kier alpha value is -1.89. The summed E-state index contributed by atoms with van der Waals surface area (Å²) in [6.07, 6.45) is 3.37. The summed E-state index contributed by atoms with van der Waals surface area (Å²) in [5.74, 6) is -0.894. The van der Waals surface area contributed by atoms with Crippen molar-refractivity contribution in [2.75, 3.05) is 7.11 Å². The third kappa shape index (κ3) is 4.36. The van der Waals surface area contributed by atoms with Crippen molar-refractivity contribution in [2.45, 2.75) is 32.4 Å². The molecule has 0 aliphatic heterocycles. The minimum atomic E-state index is -0.775. The number of nitrogens with one attached hydrogen (secondary N) is 2. The standard InChI is InChI=1S/C12H20N4O3/c1-7(2)10(13)11(17)16-9(12(18)19-3)4-8-5-14-6-15-8/h5-7,9-10H,4,13H2,1-3H3,(H,14,15)(H,16,17)/t9-,10+/m1/s1. The molecule has 0 bridgehead atoms. The Morgan fingerprint density at radius 3 is 2.68 bits per heavy atom. The molecule has 1 aromatic heterocycles. The van der Waals surface area contributed by atoms with Gasteiger partial charge in [0.05, 0.1) is 19.5 Å². The summed E-state index contributed by atoms with van der Waals surface area (Å²) in [5, 5.41) is 2.60. The molecule has 19 heavy (non-hydrogen) atoms. The van der Waals surface area contributed by atoms with Gasteiger partial charge in [0, 0.05) is 18.3 Å². The van der Waals surface area contributed by atoms with Crippen LogP contribution in [0.25, 0.3) is 0 Å². The van der Waals surface area contributed by atoms with Crippen molar-refractivity contribution in [3.63, 3.8) is 0 Å². The van der Waals surface area contributed by atoms with Crippen molar-refractivity contribution >= 4 is 11.9 Å². The summed E-state index contributed by atoms with van der Waals surface area (Å²) in [4.78, 5) is 30.3. The highest BCUT2D eigenvalue weighted by Gasteiger charge is 2.26. The second kappa shape index (κ2) is 6.89. The molecule has 0 saturated carbocycles. The average molecular weight is 268 g/mol. The molecule has 0 aliphatic carbocycles. The highest BCUT2D eigenvalue weighted by molar-refractivity contribution is 5.87. The molecule has 1 rings (SSSR count). The van der Waals surface area contributed by atoms with Gasteiger partial charge in [0.25, 0.3) is 0 Å². The Morgan fingerprint density at radius 2 is 2.21 bits per heavy atom. The average Bonchev–Trinajstić information content (AvgIpc) is 2.88. The number of esters is 1. The number of aromatic amines is 1. The van der Waals surface area contributed by atoms with E-state index in [4.69, 9.17) is 5.73 Å². The largest absolute Gasteiger partial charge is 0.467 e. The highest BCUT2D eigenvalue weighted by atomic mass is 16.5. The second-order valence-corrected chi connectivity index (χ2v) is 4.64. The van der Waals surface area contributed by atoms with Gasteiger partial charge in [-0.1, -0.05) is 13.8 Å². The predicted octanol–water partition coefficient (Wildman–Crippen LogP) is -0.407. The first kappa shape index (κ1) is 15.2. The van der Waals surface area contributed by atoms with E-state index in [1.807, 2.05) is 13.8 Å². The number of carbonyl (C=O) groups is 2. The normalized spacial score (nSPS) is 13.9. The Morgan fingerprint density at radius 1 is 1.53 bits per heavy atom. The lowest BCUT2D eigenvalue weighted by atomic mass is 10.0. The fraction of sp³-hybridized carbons (Fsp3) is 0.583. The first-order chi connectivity index (χ1) is 8.95. The van der Waals surface area contributed by atoms with E-state index >= 15 is 0 Å². The predicted molar refractivity (Wildman–Crippen MR) is 69.1 cm³/mol. The smallest absolute Gasteiger partial charge is 0.328 e. The van der Waals surface area contributed by atoms with E-state index in [-0.39, 0.29) is 18.2 Å². The van der Waals surface area contributed by atoms with Crippen LogP contribution in [-0.4, -0.2) is 41.0 Å². The van der Waals surface area contributed by atoms with Gasteiger partial charge in [-0.15, -0.1) is 0 Å². The van der Waals surface area contributed by atoms with Crippen LogP contribution in [0.2, 0.25) is 0 Å². The van der Waals surface area contributed by atoms with Gasteiger partial charge in [0.2, 0.25) is 5.91 Å². The van der Waals surface area contributed by atoms with E-state index in [9.17, 15) is 9.59 Å². The molecule has 1 amide bonds. The molecule has 0 aromatic carbocycles. The lowest BCUT2D eigenvalue weighted by Gasteiger charge is -2.20. The maximum Gasteiger partial charge on any atom is 0.328 e. The number of ether oxygens (including phenoxy) is 1. The molecular weight excluding hydrogens is 248 g/mol. The number of nitrogens with zero attached hydrogens (tertiary/aromatic N) is 1. The molecule has 0 fully saturated rings. The van der Waals surface area contributed by atoms with Crippen LogP contribution in [0.1, 0.15) is 19.5 Å². The zero-order valence-electron chi connectivity index (χ0n) is 11.3. The van der Waals surface area contributed by atoms with Crippen LogP contribution in [0.5, 0.6) is 0 Å². The van der Waals surface area contributed by atoms with Gasteiger partial charge in [0.1, 0.15) is 6.04 Å². The summed E-state index contributed by atoms with van der Waals surface area (Å²) in [7, 11) is 1.27. The van der Waals surface area contributed by atoms with Gasteiger partial charge >= 0.3 is 5.97 Å². The van der Waals surface area contributed by atoms with Crippen LogP contribution < -0.4 is 11.1 Å². The molecule has 0 aliphatic rings. The maximum atomic E-state index is 11.9. The number of carbonyl (C=O) groups excluding carboxylic acids is 2. The molecule has 7 nitrogen and oxygen atoms in total. The van der Waals surface area contributed by atoms with Gasteiger partial charge in [-0.2, -0.15) is 0 Å². The molecule has 0 spiro atoms. The van der Waals surface area contributed by atoms with E-state index in [1.165, 1.54) is 13.4 Å². The van der Waals surface area contributed by atoms with E-state index < -0.39 is 18.1 Å². The molecule has 1 aromatic rings. The minimum Gasteiger partial charge on any atom is -0.467 e. The summed E-state index contributed by atoms with van der Waals surface area (Å²) >= 11 is 0. The highest BCUT2D eigenvalue weighted by Crippen LogP contribution is 2.03. The van der Waals surface area contributed by atoms with E-state index in [2.05, 4.69) is 20.0 Å². The molecule has 2 atom stereocenters. The number of rotatable bonds is 6. The zero-order chi connectivity index (χ0) is 14.4. The quantitative estimate of drug-likeness (QED) is 0.608. The van der Waals surface area contributed by atoms with E-state index in [1.54, 1.807) is 6.20 Å². The van der Waals surface area contributed by atoms with Crippen molar-refractivity contribution in [3.8, 4) is 0 Å². The number of hydrogen-bond donors (Lipinski definition) is 3. The van der Waals surface area contributed by atoms with E-state index in [0.717, 1.165) is 5.69 Å². The maximum absolute atomic E-state index is 11.9. The summed E-state index contributed by atoms with van der Waals surface area (Å²) in [6.45, 7) is 3.68. The lowest BCUT2D eigenvalue weighted by Crippen LogP contribution is -2.51. The number of hydrogen-bond acceptors (Lipinski definition) is 5. The van der Waals surface area contributed by atoms with Crippen molar-refractivity contribution in [3.05, 3.63) is 18.2 Å². The molecule has 0 unspecified atom stereocenters. The Bertz CT molecular complexity index is 417. The number of methoxy groups -OCH3 is 1. The number of H-pyrrole nitrogens is 1. The monoisotopic (exact) mass is 268 g/mol. The van der Waals surface area contributed by atoms with Gasteiger partial charge in [-0.25, -0.2) is 9.78 Å². The van der Waals surface area contributed by atoms with Gasteiger partial charge in [0.15, 0.2) is 0 Å². The molecule has 106 valence electrons. The Balaban J connectivity index is 2.70. The molecule has 0 radical (unpaired) electrons. The molecule has 1 heterocycles. The van der Waals surface area contributed by atoms with Crippen LogP contribution in [0.15, 0.2) is 12.5 Å². The lowest BCUT2D eigenvalue weighted by molar-refractivity contribution is -0.145. The van der Waals surface area contributed by atoms with Gasteiger partial charge in [-0.3, -0.25) is 4.79 Å². The molecule has 4 N–H and O–H groups in total. The fourth-order valence-electron chi connectivity index (χ4n) is 1.52. The summed E-state index contributed by atoms with van der Waals surface area (Å²) < 4.78 is 4.67. The third-order valence-corrected chi connectivity index (χ3v) is 2.80. The zero-order valence-corrected chi connectivity index (χ0v) is 11.3. The number of nitrogens with two attached hydrogens (primary N) is 1. The molecular formula is C12H20N4O3. The first-order valence-corrected chi connectivity index (χ1v) is 6.06. The van der Waals surface area contributed by atoms with E-state index in [0.29, 0.717) is 0 Å². The van der Waals surface area contributed by atoms with Crippen molar-refractivity contribution in [1.82, 2.24) is 15.3 Å². The number of amides is 1. The van der Waals surface area contributed by atoms with Gasteiger partial charge in [-0.05, 0) is 5.92 Å². The van der Waals surface area contributed by atoms with Crippen LogP contribution >= 0.6 is 0 Å². The van der Waals surface area contributed by atoms with Crippen molar-refractivity contribution < 1.29 is 14.3 Å². The van der Waals surface area contributed by atoms with Crippen LogP contribution in [0.3, 0.4) is 0 Å². The summed E-state index contributed by atoms with van der Waals surface area (Å²) in [5.41, 5.74) is 6.47. The number of imidazole rings is 1. The van der Waals surface area contributed by atoms with Crippen LogP contribution in [0, 0.1) is 5.92 Å². The Labute approximate surface area is 111 Å². The second-order valence-electron chi connectivity index (χ2n) is 4.64. The topological polar surface area (TPSA) is 110 Å².